The molecule has 1 amide bonds. The van der Waals surface area contributed by atoms with Gasteiger partial charge in [-0.25, -0.2) is 5.48 Å². The quantitative estimate of drug-likeness (QED) is 0.357. The van der Waals surface area contributed by atoms with Gasteiger partial charge in [0.1, 0.15) is 0 Å². The van der Waals surface area contributed by atoms with Crippen molar-refractivity contribution < 1.29 is 10.0 Å². The number of rotatable bonds is 7. The summed E-state index contributed by atoms with van der Waals surface area (Å²) in [6.45, 7) is 2.48. The van der Waals surface area contributed by atoms with Crippen molar-refractivity contribution in [1.29, 1.82) is 0 Å². The minimum Gasteiger partial charge on any atom is -0.384 e. The van der Waals surface area contributed by atoms with Gasteiger partial charge in [-0.15, -0.1) is 0 Å². The van der Waals surface area contributed by atoms with Gasteiger partial charge in [-0.3, -0.25) is 10.0 Å². The molecule has 0 fully saturated rings. The van der Waals surface area contributed by atoms with Gasteiger partial charge in [-0.05, 0) is 29.8 Å². The number of carbonyl (C=O) groups is 1. The Hall–Kier alpha value is -2.37. The SMILES string of the molecule is O=C(NO)c1ccc(NCCNCc2ccccc2)cc1. The standard InChI is InChI=1S/C16H19N3O2/c20-16(19-21)14-6-8-15(9-7-14)18-11-10-17-12-13-4-2-1-3-5-13/h1-9,17-18,21H,10-12H2,(H,19,20). The maximum absolute atomic E-state index is 11.2. The summed E-state index contributed by atoms with van der Waals surface area (Å²) in [6.07, 6.45) is 0. The fourth-order valence-electron chi connectivity index (χ4n) is 1.93. The van der Waals surface area contributed by atoms with E-state index < -0.39 is 5.91 Å². The summed E-state index contributed by atoms with van der Waals surface area (Å²) in [7, 11) is 0. The topological polar surface area (TPSA) is 73.4 Å². The number of hydroxylamine groups is 1. The Morgan fingerprint density at radius 3 is 2.33 bits per heavy atom. The second kappa shape index (κ2) is 8.04. The molecule has 0 unspecified atom stereocenters. The normalized spacial score (nSPS) is 10.1. The van der Waals surface area contributed by atoms with Gasteiger partial charge in [-0.1, -0.05) is 30.3 Å². The highest BCUT2D eigenvalue weighted by Gasteiger charge is 2.02. The fourth-order valence-corrected chi connectivity index (χ4v) is 1.93. The van der Waals surface area contributed by atoms with Crippen LogP contribution >= 0.6 is 0 Å². The summed E-state index contributed by atoms with van der Waals surface area (Å²) in [5.74, 6) is -0.508. The van der Waals surface area contributed by atoms with Crippen LogP contribution in [0.15, 0.2) is 54.6 Å². The number of nitrogens with one attached hydrogen (secondary N) is 3. The van der Waals surface area contributed by atoms with Gasteiger partial charge in [0.2, 0.25) is 0 Å². The van der Waals surface area contributed by atoms with Crippen molar-refractivity contribution in [2.24, 2.45) is 0 Å². The molecule has 5 nitrogen and oxygen atoms in total. The predicted molar refractivity (Wildman–Crippen MR) is 82.3 cm³/mol. The molecule has 0 atom stereocenters. The van der Waals surface area contributed by atoms with Crippen molar-refractivity contribution in [3.05, 3.63) is 65.7 Å². The first kappa shape index (κ1) is 15.0. The molecule has 0 saturated heterocycles. The Labute approximate surface area is 124 Å². The van der Waals surface area contributed by atoms with Gasteiger partial charge in [0, 0.05) is 30.9 Å². The van der Waals surface area contributed by atoms with Crippen molar-refractivity contribution in [2.75, 3.05) is 18.4 Å². The molecule has 0 heterocycles. The van der Waals surface area contributed by atoms with Crippen LogP contribution in [0, 0.1) is 0 Å². The van der Waals surface area contributed by atoms with Gasteiger partial charge < -0.3 is 10.6 Å². The van der Waals surface area contributed by atoms with E-state index in [0.29, 0.717) is 5.56 Å². The number of benzene rings is 2. The molecule has 4 N–H and O–H groups in total. The minimum absolute atomic E-state index is 0.422. The van der Waals surface area contributed by atoms with E-state index in [-0.39, 0.29) is 0 Å². The van der Waals surface area contributed by atoms with Crippen LogP contribution < -0.4 is 16.1 Å². The maximum atomic E-state index is 11.2. The van der Waals surface area contributed by atoms with Crippen LogP contribution in [0.2, 0.25) is 0 Å². The second-order valence-electron chi connectivity index (χ2n) is 4.61. The van der Waals surface area contributed by atoms with E-state index >= 15 is 0 Å². The average Bonchev–Trinajstić information content (AvgIpc) is 2.55. The Bertz CT molecular complexity index is 555. The van der Waals surface area contributed by atoms with E-state index in [1.54, 1.807) is 17.6 Å². The fraction of sp³-hybridized carbons (Fsp3) is 0.188. The van der Waals surface area contributed by atoms with Crippen LogP contribution in [0.3, 0.4) is 0 Å². The molecule has 0 aliphatic rings. The molecule has 0 radical (unpaired) electrons. The molecule has 0 aliphatic carbocycles. The summed E-state index contributed by atoms with van der Waals surface area (Å²) < 4.78 is 0. The van der Waals surface area contributed by atoms with Crippen LogP contribution in [-0.2, 0) is 6.54 Å². The summed E-state index contributed by atoms with van der Waals surface area (Å²) in [5, 5.41) is 15.1. The predicted octanol–water partition coefficient (Wildman–Crippen LogP) is 2.01. The Kier molecular flexibility index (Phi) is 5.75. The molecular weight excluding hydrogens is 266 g/mol. The molecule has 0 aromatic heterocycles. The molecule has 2 aromatic carbocycles. The van der Waals surface area contributed by atoms with Crippen LogP contribution in [0.5, 0.6) is 0 Å². The number of carbonyl (C=O) groups excluding carboxylic acids is 1. The number of hydrogen-bond acceptors (Lipinski definition) is 4. The van der Waals surface area contributed by atoms with Gasteiger partial charge in [0.05, 0.1) is 0 Å². The molecule has 5 heteroatoms. The first-order valence-electron chi connectivity index (χ1n) is 6.82. The van der Waals surface area contributed by atoms with E-state index in [2.05, 4.69) is 22.8 Å². The van der Waals surface area contributed by atoms with E-state index in [1.807, 2.05) is 30.3 Å². The van der Waals surface area contributed by atoms with Crippen LogP contribution in [0.4, 0.5) is 5.69 Å². The smallest absolute Gasteiger partial charge is 0.274 e. The maximum Gasteiger partial charge on any atom is 0.274 e. The lowest BCUT2D eigenvalue weighted by Gasteiger charge is -2.08. The summed E-state index contributed by atoms with van der Waals surface area (Å²) in [6, 6.07) is 17.2. The zero-order chi connectivity index (χ0) is 14.9. The third-order valence-electron chi connectivity index (χ3n) is 3.05. The highest BCUT2D eigenvalue weighted by molar-refractivity contribution is 5.93. The van der Waals surface area contributed by atoms with E-state index in [9.17, 15) is 4.79 Å². The van der Waals surface area contributed by atoms with Crippen molar-refractivity contribution in [3.8, 4) is 0 Å². The first-order chi connectivity index (χ1) is 10.3. The lowest BCUT2D eigenvalue weighted by atomic mass is 10.2. The Morgan fingerprint density at radius 2 is 1.67 bits per heavy atom. The van der Waals surface area contributed by atoms with Crippen molar-refractivity contribution >= 4 is 11.6 Å². The van der Waals surface area contributed by atoms with E-state index in [1.165, 1.54) is 5.56 Å². The van der Waals surface area contributed by atoms with Gasteiger partial charge in [0.15, 0.2) is 0 Å². The summed E-state index contributed by atoms with van der Waals surface area (Å²) >= 11 is 0. The summed E-state index contributed by atoms with van der Waals surface area (Å²) in [4.78, 5) is 11.2. The molecule has 21 heavy (non-hydrogen) atoms. The highest BCUT2D eigenvalue weighted by atomic mass is 16.5. The van der Waals surface area contributed by atoms with Crippen LogP contribution in [-0.4, -0.2) is 24.2 Å². The number of amides is 1. The number of hydrogen-bond donors (Lipinski definition) is 4. The lowest BCUT2D eigenvalue weighted by molar-refractivity contribution is 0.0706. The van der Waals surface area contributed by atoms with Crippen molar-refractivity contribution in [1.82, 2.24) is 10.8 Å². The Morgan fingerprint density at radius 1 is 0.952 bits per heavy atom. The van der Waals surface area contributed by atoms with Crippen molar-refractivity contribution in [2.45, 2.75) is 6.54 Å². The molecule has 110 valence electrons. The molecule has 0 saturated carbocycles. The summed E-state index contributed by atoms with van der Waals surface area (Å²) in [5.41, 5.74) is 4.23. The van der Waals surface area contributed by atoms with Gasteiger partial charge >= 0.3 is 0 Å². The van der Waals surface area contributed by atoms with Gasteiger partial charge in [0.25, 0.3) is 5.91 Å². The monoisotopic (exact) mass is 285 g/mol. The largest absolute Gasteiger partial charge is 0.384 e. The lowest BCUT2D eigenvalue weighted by Crippen LogP contribution is -2.22. The molecular formula is C16H19N3O2. The van der Waals surface area contributed by atoms with Crippen molar-refractivity contribution in [3.63, 3.8) is 0 Å². The zero-order valence-electron chi connectivity index (χ0n) is 11.7. The number of anilines is 1. The minimum atomic E-state index is -0.508. The van der Waals surface area contributed by atoms with Crippen LogP contribution in [0.25, 0.3) is 0 Å². The zero-order valence-corrected chi connectivity index (χ0v) is 11.7. The Balaban J connectivity index is 1.68. The van der Waals surface area contributed by atoms with E-state index in [0.717, 1.165) is 25.3 Å². The molecule has 2 aromatic rings. The molecule has 2 rings (SSSR count). The highest BCUT2D eigenvalue weighted by Crippen LogP contribution is 2.08. The first-order valence-corrected chi connectivity index (χ1v) is 6.82. The van der Waals surface area contributed by atoms with Gasteiger partial charge in [-0.2, -0.15) is 0 Å². The third kappa shape index (κ3) is 4.91. The molecule has 0 spiro atoms. The third-order valence-corrected chi connectivity index (χ3v) is 3.05. The average molecular weight is 285 g/mol. The van der Waals surface area contributed by atoms with E-state index in [4.69, 9.17) is 5.21 Å². The van der Waals surface area contributed by atoms with Crippen LogP contribution in [0.1, 0.15) is 15.9 Å². The molecule has 0 bridgehead atoms. The second-order valence-corrected chi connectivity index (χ2v) is 4.61. The molecule has 0 aliphatic heterocycles.